The molecule has 3 rings (SSSR count). The zero-order valence-electron chi connectivity index (χ0n) is 16.3. The van der Waals surface area contributed by atoms with Gasteiger partial charge in [0.05, 0.1) is 21.2 Å². The third-order valence-electron chi connectivity index (χ3n) is 4.42. The Bertz CT molecular complexity index is 1010. The molecular weight excluding hydrogens is 465 g/mol. The number of anilines is 1. The number of imide groups is 1. The van der Waals surface area contributed by atoms with Gasteiger partial charge in [-0.2, -0.15) is 11.8 Å². The summed E-state index contributed by atoms with van der Waals surface area (Å²) >= 11 is 13.2. The molecule has 1 aromatic heterocycles. The van der Waals surface area contributed by atoms with Gasteiger partial charge in [0.15, 0.2) is 12.4 Å². The predicted octanol–water partition coefficient (Wildman–Crippen LogP) is 3.29. The lowest BCUT2D eigenvalue weighted by atomic mass is 10.1. The number of carbonyl (C=O) groups excluding carboxylic acids is 4. The average molecular weight is 482 g/mol. The summed E-state index contributed by atoms with van der Waals surface area (Å²) in [7, 11) is 0. The Morgan fingerprint density at radius 2 is 1.84 bits per heavy atom. The molecule has 31 heavy (non-hydrogen) atoms. The molecule has 1 aliphatic rings. The van der Waals surface area contributed by atoms with Crippen LogP contribution in [-0.2, 0) is 14.3 Å². The smallest absolute Gasteiger partial charge is 0.329 e. The molecule has 162 valence electrons. The van der Waals surface area contributed by atoms with Crippen LogP contribution in [0.25, 0.3) is 0 Å². The molecule has 2 aromatic rings. The SMILES string of the molecule is CSCCC(C(=O)OCC(=O)Nc1ncc(Cl)cc1Cl)N1C(=O)c2ccccc2C1=O. The van der Waals surface area contributed by atoms with Crippen molar-refractivity contribution >= 4 is 64.5 Å². The second kappa shape index (κ2) is 10.1. The molecular formula is C20H17Cl2N3O5S. The minimum Gasteiger partial charge on any atom is -0.454 e. The molecule has 1 unspecified atom stereocenters. The van der Waals surface area contributed by atoms with Crippen molar-refractivity contribution in [2.45, 2.75) is 12.5 Å². The van der Waals surface area contributed by atoms with E-state index < -0.39 is 36.3 Å². The predicted molar refractivity (Wildman–Crippen MR) is 118 cm³/mol. The van der Waals surface area contributed by atoms with Gasteiger partial charge in [-0.3, -0.25) is 19.3 Å². The maximum atomic E-state index is 12.7. The summed E-state index contributed by atoms with van der Waals surface area (Å²) in [6, 6.07) is 6.60. The summed E-state index contributed by atoms with van der Waals surface area (Å²) in [4.78, 5) is 55.1. The molecule has 0 saturated carbocycles. The van der Waals surface area contributed by atoms with Crippen molar-refractivity contribution < 1.29 is 23.9 Å². The quantitative estimate of drug-likeness (QED) is 0.455. The Labute approximate surface area is 192 Å². The lowest BCUT2D eigenvalue weighted by molar-refractivity contribution is -0.151. The molecule has 0 spiro atoms. The lowest BCUT2D eigenvalue weighted by Gasteiger charge is -2.24. The Morgan fingerprint density at radius 3 is 2.42 bits per heavy atom. The van der Waals surface area contributed by atoms with Crippen LogP contribution >= 0.6 is 35.0 Å². The van der Waals surface area contributed by atoms with Crippen LogP contribution < -0.4 is 5.32 Å². The summed E-state index contributed by atoms with van der Waals surface area (Å²) < 4.78 is 5.10. The van der Waals surface area contributed by atoms with Crippen molar-refractivity contribution in [2.24, 2.45) is 0 Å². The number of rotatable bonds is 8. The molecule has 0 aliphatic carbocycles. The number of amides is 3. The molecule has 0 saturated heterocycles. The van der Waals surface area contributed by atoms with Gasteiger partial charge < -0.3 is 10.1 Å². The fourth-order valence-electron chi connectivity index (χ4n) is 2.98. The van der Waals surface area contributed by atoms with Gasteiger partial charge in [-0.1, -0.05) is 35.3 Å². The topological polar surface area (TPSA) is 106 Å². The molecule has 1 aliphatic heterocycles. The summed E-state index contributed by atoms with van der Waals surface area (Å²) in [5.74, 6) is -2.10. The van der Waals surface area contributed by atoms with Crippen LogP contribution in [0, 0.1) is 0 Å². The van der Waals surface area contributed by atoms with E-state index in [-0.39, 0.29) is 28.4 Å². The van der Waals surface area contributed by atoms with Crippen LogP contribution in [0.15, 0.2) is 36.5 Å². The largest absolute Gasteiger partial charge is 0.454 e. The standard InChI is InChI=1S/C20H17Cl2N3O5S/c1-31-7-6-15(25-18(27)12-4-2-3-5-13(12)19(25)28)20(29)30-10-16(26)24-17-14(22)8-11(21)9-23-17/h2-5,8-9,15H,6-7,10H2,1H3,(H,23,24,26). The van der Waals surface area contributed by atoms with E-state index in [4.69, 9.17) is 27.9 Å². The molecule has 1 N–H and O–H groups in total. The van der Waals surface area contributed by atoms with Gasteiger partial charge in [0, 0.05) is 6.20 Å². The lowest BCUT2D eigenvalue weighted by Crippen LogP contribution is -2.46. The monoisotopic (exact) mass is 481 g/mol. The van der Waals surface area contributed by atoms with Gasteiger partial charge in [-0.05, 0) is 36.6 Å². The van der Waals surface area contributed by atoms with Crippen molar-refractivity contribution in [1.29, 1.82) is 0 Å². The first-order valence-corrected chi connectivity index (χ1v) is 11.2. The molecule has 2 heterocycles. The minimum atomic E-state index is -1.15. The minimum absolute atomic E-state index is 0.0615. The van der Waals surface area contributed by atoms with Crippen LogP contribution in [0.3, 0.4) is 0 Å². The number of hydrogen-bond acceptors (Lipinski definition) is 7. The van der Waals surface area contributed by atoms with E-state index in [1.54, 1.807) is 12.1 Å². The molecule has 0 radical (unpaired) electrons. The number of aromatic nitrogens is 1. The van der Waals surface area contributed by atoms with E-state index >= 15 is 0 Å². The number of hydrogen-bond donors (Lipinski definition) is 1. The maximum absolute atomic E-state index is 12.7. The van der Waals surface area contributed by atoms with Crippen molar-refractivity contribution in [1.82, 2.24) is 9.88 Å². The van der Waals surface area contributed by atoms with E-state index in [0.29, 0.717) is 10.8 Å². The van der Waals surface area contributed by atoms with Crippen LogP contribution in [-0.4, -0.2) is 58.2 Å². The zero-order chi connectivity index (χ0) is 22.5. The van der Waals surface area contributed by atoms with Gasteiger partial charge in [0.1, 0.15) is 6.04 Å². The van der Waals surface area contributed by atoms with Gasteiger partial charge in [0.2, 0.25) is 0 Å². The van der Waals surface area contributed by atoms with Crippen LogP contribution in [0.4, 0.5) is 5.82 Å². The number of halogens is 2. The van der Waals surface area contributed by atoms with E-state index in [2.05, 4.69) is 10.3 Å². The summed E-state index contributed by atoms with van der Waals surface area (Å²) in [5, 5.41) is 2.83. The van der Waals surface area contributed by atoms with E-state index in [1.165, 1.54) is 36.2 Å². The number of benzene rings is 1. The Hall–Kier alpha value is -2.62. The van der Waals surface area contributed by atoms with Crippen LogP contribution in [0.5, 0.6) is 0 Å². The first kappa shape index (κ1) is 23.1. The van der Waals surface area contributed by atoms with Crippen molar-refractivity contribution in [3.63, 3.8) is 0 Å². The van der Waals surface area contributed by atoms with Gasteiger partial charge in [-0.25, -0.2) is 9.78 Å². The van der Waals surface area contributed by atoms with Crippen molar-refractivity contribution in [2.75, 3.05) is 23.9 Å². The number of esters is 1. The molecule has 1 aromatic carbocycles. The molecule has 0 fully saturated rings. The zero-order valence-corrected chi connectivity index (χ0v) is 18.6. The number of pyridine rings is 1. The fourth-order valence-corrected chi connectivity index (χ4v) is 3.87. The highest BCUT2D eigenvalue weighted by Gasteiger charge is 2.43. The number of fused-ring (bicyclic) bond motifs is 1. The van der Waals surface area contributed by atoms with Gasteiger partial charge >= 0.3 is 5.97 Å². The highest BCUT2D eigenvalue weighted by molar-refractivity contribution is 7.98. The van der Waals surface area contributed by atoms with E-state index in [1.807, 2.05) is 6.26 Å². The summed E-state index contributed by atoms with van der Waals surface area (Å²) in [6.45, 7) is -0.640. The van der Waals surface area contributed by atoms with E-state index in [9.17, 15) is 19.2 Å². The normalized spacial score (nSPS) is 13.7. The van der Waals surface area contributed by atoms with Crippen molar-refractivity contribution in [3.05, 3.63) is 57.7 Å². The number of nitrogens with one attached hydrogen (secondary N) is 1. The molecule has 3 amide bonds. The number of ether oxygens (including phenoxy) is 1. The summed E-state index contributed by atoms with van der Waals surface area (Å²) in [6.07, 6.45) is 3.33. The molecule has 1 atom stereocenters. The highest BCUT2D eigenvalue weighted by atomic mass is 35.5. The average Bonchev–Trinajstić information content (AvgIpc) is 3.00. The number of carbonyl (C=O) groups is 4. The second-order valence-electron chi connectivity index (χ2n) is 6.46. The molecule has 0 bridgehead atoms. The molecule has 8 nitrogen and oxygen atoms in total. The third kappa shape index (κ3) is 5.17. The Balaban J connectivity index is 1.68. The Kier molecular flexibility index (Phi) is 7.53. The van der Waals surface area contributed by atoms with Gasteiger partial charge in [-0.15, -0.1) is 0 Å². The maximum Gasteiger partial charge on any atom is 0.329 e. The number of nitrogens with zero attached hydrogens (tertiary/aromatic N) is 2. The van der Waals surface area contributed by atoms with Crippen molar-refractivity contribution in [3.8, 4) is 0 Å². The van der Waals surface area contributed by atoms with Gasteiger partial charge in [0.25, 0.3) is 17.7 Å². The Morgan fingerprint density at radius 1 is 1.19 bits per heavy atom. The molecule has 11 heteroatoms. The number of thioether (sulfide) groups is 1. The fraction of sp³-hybridized carbons (Fsp3) is 0.250. The second-order valence-corrected chi connectivity index (χ2v) is 8.29. The van der Waals surface area contributed by atoms with Crippen LogP contribution in [0.1, 0.15) is 27.1 Å². The third-order valence-corrected chi connectivity index (χ3v) is 5.55. The van der Waals surface area contributed by atoms with Crippen LogP contribution in [0.2, 0.25) is 10.0 Å². The first-order valence-electron chi connectivity index (χ1n) is 9.07. The first-order chi connectivity index (χ1) is 14.8. The highest BCUT2D eigenvalue weighted by Crippen LogP contribution is 2.27. The summed E-state index contributed by atoms with van der Waals surface area (Å²) in [5.41, 5.74) is 0.464. The van der Waals surface area contributed by atoms with E-state index in [0.717, 1.165) is 4.90 Å².